The van der Waals surface area contributed by atoms with Gasteiger partial charge in [-0.25, -0.2) is 9.97 Å². The van der Waals surface area contributed by atoms with E-state index in [1.165, 1.54) is 16.7 Å². The van der Waals surface area contributed by atoms with Crippen LogP contribution in [0.2, 0.25) is 0 Å². The predicted octanol–water partition coefficient (Wildman–Crippen LogP) is 4.58. The van der Waals surface area contributed by atoms with Crippen LogP contribution in [0.5, 0.6) is 6.01 Å². The molecule has 0 fully saturated rings. The van der Waals surface area contributed by atoms with Crippen LogP contribution in [0.3, 0.4) is 0 Å². The number of hydrogen-bond acceptors (Lipinski definition) is 4. The van der Waals surface area contributed by atoms with Crippen molar-refractivity contribution in [3.63, 3.8) is 0 Å². The molecule has 0 saturated carbocycles. The Balaban J connectivity index is 1.32. The lowest BCUT2D eigenvalue weighted by molar-refractivity contribution is -0.117. The molecule has 4 heteroatoms. The zero-order chi connectivity index (χ0) is 21.6. The summed E-state index contributed by atoms with van der Waals surface area (Å²) in [6.45, 7) is 3.75. The van der Waals surface area contributed by atoms with Crippen LogP contribution in [0.15, 0.2) is 60.9 Å². The van der Waals surface area contributed by atoms with E-state index in [-0.39, 0.29) is 11.9 Å². The highest BCUT2D eigenvalue weighted by Crippen LogP contribution is 2.24. The molecule has 1 aromatic heterocycles. The number of ketones is 1. The number of nitrogens with zero attached hydrogens (tertiary/aromatic N) is 2. The lowest BCUT2D eigenvalue weighted by Crippen LogP contribution is -2.17. The number of benzene rings is 2. The van der Waals surface area contributed by atoms with Crippen LogP contribution >= 0.6 is 0 Å². The number of fused-ring (bicyclic) bond motifs is 1. The number of aromatic nitrogens is 2. The first-order valence-electron chi connectivity index (χ1n) is 10.7. The van der Waals surface area contributed by atoms with Gasteiger partial charge in [0.05, 0.1) is 5.56 Å². The molecule has 4 rings (SSSR count). The summed E-state index contributed by atoms with van der Waals surface area (Å²) in [7, 11) is 0. The molecule has 0 spiro atoms. The Morgan fingerprint density at radius 1 is 1.00 bits per heavy atom. The van der Waals surface area contributed by atoms with Crippen LogP contribution in [0.25, 0.3) is 0 Å². The largest absolute Gasteiger partial charge is 0.459 e. The average molecular weight is 411 g/mol. The Labute approximate surface area is 183 Å². The van der Waals surface area contributed by atoms with Crippen molar-refractivity contribution >= 4 is 5.78 Å². The van der Waals surface area contributed by atoms with Crippen molar-refractivity contribution in [1.29, 1.82) is 0 Å². The first kappa shape index (κ1) is 20.8. The van der Waals surface area contributed by atoms with E-state index in [1.54, 1.807) is 19.3 Å². The molecule has 156 valence electrons. The fourth-order valence-electron chi connectivity index (χ4n) is 4.03. The standard InChI is InChI=1S/C27H26N2O2/c1-19(13-20(2)30)14-22-10-7-21(8-11-22)9-12-23-17-28-27(29-18-23)31-26-15-24-5-3-4-6-25(24)16-26/h3-8,10-11,17-19,26H,13-16H2,1-2H3. The van der Waals surface area contributed by atoms with E-state index in [0.29, 0.717) is 18.3 Å². The molecule has 0 bridgehead atoms. The summed E-state index contributed by atoms with van der Waals surface area (Å²) in [6, 6.07) is 17.0. The summed E-state index contributed by atoms with van der Waals surface area (Å²) in [5, 5.41) is 0. The molecule has 1 atom stereocenters. The van der Waals surface area contributed by atoms with Gasteiger partial charge in [-0.15, -0.1) is 0 Å². The Bertz CT molecular complexity index is 1080. The van der Waals surface area contributed by atoms with E-state index in [9.17, 15) is 4.79 Å². The quantitative estimate of drug-likeness (QED) is 0.558. The number of ether oxygens (including phenoxy) is 1. The smallest absolute Gasteiger partial charge is 0.316 e. The van der Waals surface area contributed by atoms with Crippen LogP contribution in [-0.2, 0) is 24.1 Å². The number of Topliss-reactive ketones (excluding diaryl/α,β-unsaturated/α-hetero) is 1. The number of rotatable bonds is 6. The van der Waals surface area contributed by atoms with Gasteiger partial charge in [-0.3, -0.25) is 0 Å². The summed E-state index contributed by atoms with van der Waals surface area (Å²) in [4.78, 5) is 19.9. The van der Waals surface area contributed by atoms with Gasteiger partial charge in [0.15, 0.2) is 0 Å². The molecule has 0 radical (unpaired) electrons. The van der Waals surface area contributed by atoms with E-state index in [2.05, 4.69) is 65.1 Å². The minimum atomic E-state index is 0.0889. The van der Waals surface area contributed by atoms with Crippen LogP contribution in [-0.4, -0.2) is 21.9 Å². The second-order valence-electron chi connectivity index (χ2n) is 8.33. The summed E-state index contributed by atoms with van der Waals surface area (Å²) in [5.41, 5.74) is 5.59. The third-order valence-electron chi connectivity index (χ3n) is 5.44. The highest BCUT2D eigenvalue weighted by Gasteiger charge is 2.23. The summed E-state index contributed by atoms with van der Waals surface area (Å²) < 4.78 is 5.95. The van der Waals surface area contributed by atoms with Crippen molar-refractivity contribution in [2.75, 3.05) is 0 Å². The van der Waals surface area contributed by atoms with Crippen molar-refractivity contribution < 1.29 is 9.53 Å². The lowest BCUT2D eigenvalue weighted by Gasteiger charge is -2.10. The molecule has 4 nitrogen and oxygen atoms in total. The monoisotopic (exact) mass is 410 g/mol. The maximum atomic E-state index is 11.2. The molecule has 0 amide bonds. The van der Waals surface area contributed by atoms with Gasteiger partial charge < -0.3 is 9.53 Å². The highest BCUT2D eigenvalue weighted by atomic mass is 16.5. The van der Waals surface area contributed by atoms with Crippen LogP contribution < -0.4 is 4.74 Å². The maximum Gasteiger partial charge on any atom is 0.316 e. The summed E-state index contributed by atoms with van der Waals surface area (Å²) in [6.07, 6.45) is 6.80. The second-order valence-corrected chi connectivity index (χ2v) is 8.33. The van der Waals surface area contributed by atoms with Crippen LogP contribution in [0.4, 0.5) is 0 Å². The topological polar surface area (TPSA) is 52.1 Å². The molecule has 1 aliphatic carbocycles. The van der Waals surface area contributed by atoms with E-state index in [1.807, 2.05) is 12.1 Å². The third kappa shape index (κ3) is 5.79. The Kier molecular flexibility index (Phi) is 6.43. The Morgan fingerprint density at radius 2 is 1.61 bits per heavy atom. The molecular formula is C27H26N2O2. The third-order valence-corrected chi connectivity index (χ3v) is 5.44. The number of carbonyl (C=O) groups is 1. The molecule has 2 aromatic carbocycles. The normalized spacial score (nSPS) is 13.7. The van der Waals surface area contributed by atoms with Crippen LogP contribution in [0.1, 0.15) is 48.1 Å². The lowest BCUT2D eigenvalue weighted by atomic mass is 9.96. The van der Waals surface area contributed by atoms with Crippen LogP contribution in [0, 0.1) is 17.8 Å². The van der Waals surface area contributed by atoms with Gasteiger partial charge in [0.25, 0.3) is 0 Å². The molecule has 1 aliphatic rings. The minimum absolute atomic E-state index is 0.0889. The van der Waals surface area contributed by atoms with E-state index in [4.69, 9.17) is 4.74 Å². The van der Waals surface area contributed by atoms with Crippen molar-refractivity contribution in [2.45, 2.75) is 45.6 Å². The Hall–Kier alpha value is -3.45. The van der Waals surface area contributed by atoms with E-state index in [0.717, 1.165) is 30.4 Å². The summed E-state index contributed by atoms with van der Waals surface area (Å²) >= 11 is 0. The van der Waals surface area contributed by atoms with Gasteiger partial charge in [0.1, 0.15) is 11.9 Å². The van der Waals surface area contributed by atoms with Crippen molar-refractivity contribution in [1.82, 2.24) is 9.97 Å². The van der Waals surface area contributed by atoms with Crippen molar-refractivity contribution in [3.8, 4) is 17.9 Å². The first-order valence-corrected chi connectivity index (χ1v) is 10.7. The molecule has 1 heterocycles. The SMILES string of the molecule is CC(=O)CC(C)Cc1ccc(C#Cc2cnc(OC3Cc4ccccc4C3)nc2)cc1. The minimum Gasteiger partial charge on any atom is -0.459 e. The van der Waals surface area contributed by atoms with Gasteiger partial charge in [-0.05, 0) is 48.1 Å². The molecule has 3 aromatic rings. The zero-order valence-electron chi connectivity index (χ0n) is 18.0. The van der Waals surface area contributed by atoms with Crippen molar-refractivity contribution in [3.05, 3.63) is 88.7 Å². The zero-order valence-corrected chi connectivity index (χ0v) is 18.0. The molecule has 0 saturated heterocycles. The molecular weight excluding hydrogens is 384 g/mol. The molecule has 31 heavy (non-hydrogen) atoms. The van der Waals surface area contributed by atoms with Gasteiger partial charge in [-0.1, -0.05) is 55.2 Å². The molecule has 0 N–H and O–H groups in total. The number of hydrogen-bond donors (Lipinski definition) is 0. The van der Waals surface area contributed by atoms with Crippen molar-refractivity contribution in [2.24, 2.45) is 5.92 Å². The van der Waals surface area contributed by atoms with Gasteiger partial charge in [0, 0.05) is 37.2 Å². The number of carbonyl (C=O) groups excluding carboxylic acids is 1. The molecule has 1 unspecified atom stereocenters. The second kappa shape index (κ2) is 9.57. The average Bonchev–Trinajstić information content (AvgIpc) is 3.16. The van der Waals surface area contributed by atoms with Gasteiger partial charge in [-0.2, -0.15) is 0 Å². The highest BCUT2D eigenvalue weighted by molar-refractivity contribution is 5.75. The van der Waals surface area contributed by atoms with Gasteiger partial charge in [0.2, 0.25) is 0 Å². The fraction of sp³-hybridized carbons (Fsp3) is 0.296. The maximum absolute atomic E-state index is 11.2. The predicted molar refractivity (Wildman–Crippen MR) is 121 cm³/mol. The molecule has 0 aliphatic heterocycles. The summed E-state index contributed by atoms with van der Waals surface area (Å²) in [5.74, 6) is 6.85. The fourth-order valence-corrected chi connectivity index (χ4v) is 4.03. The van der Waals surface area contributed by atoms with Gasteiger partial charge >= 0.3 is 6.01 Å². The van der Waals surface area contributed by atoms with E-state index < -0.39 is 0 Å². The van der Waals surface area contributed by atoms with E-state index >= 15 is 0 Å². The Morgan fingerprint density at radius 3 is 2.23 bits per heavy atom. The first-order chi connectivity index (χ1) is 15.0.